The first-order valence-corrected chi connectivity index (χ1v) is 8.24. The van der Waals surface area contributed by atoms with Gasteiger partial charge >= 0.3 is 6.03 Å². The number of carbonyl (C=O) groups is 2. The van der Waals surface area contributed by atoms with Gasteiger partial charge in [0.05, 0.1) is 5.71 Å². The lowest BCUT2D eigenvalue weighted by atomic mass is 10.1. The first-order chi connectivity index (χ1) is 11.7. The molecule has 0 radical (unpaired) electrons. The Labute approximate surface area is 142 Å². The second-order valence-corrected chi connectivity index (χ2v) is 5.56. The molecule has 2 N–H and O–H groups in total. The van der Waals surface area contributed by atoms with Gasteiger partial charge in [-0.3, -0.25) is 4.79 Å². The van der Waals surface area contributed by atoms with Crippen LogP contribution in [0.15, 0.2) is 35.5 Å². The number of benzene rings is 1. The summed E-state index contributed by atoms with van der Waals surface area (Å²) in [5.74, 6) is -0.166. The van der Waals surface area contributed by atoms with Crippen LogP contribution in [0.2, 0.25) is 0 Å². The molecule has 1 aromatic carbocycles. The molecule has 7 nitrogen and oxygen atoms in total. The van der Waals surface area contributed by atoms with Crippen molar-refractivity contribution in [1.82, 2.24) is 10.2 Å². The molecule has 0 unspecified atom stereocenters. The number of hydrogen-bond acceptors (Lipinski definition) is 4. The minimum atomic E-state index is -0.166. The van der Waals surface area contributed by atoms with Crippen LogP contribution in [-0.2, 0) is 9.63 Å². The van der Waals surface area contributed by atoms with Crippen molar-refractivity contribution in [3.05, 3.63) is 30.3 Å². The van der Waals surface area contributed by atoms with Crippen molar-refractivity contribution >= 4 is 23.3 Å². The zero-order chi connectivity index (χ0) is 17.2. The van der Waals surface area contributed by atoms with Gasteiger partial charge in [0.2, 0.25) is 0 Å². The third-order valence-electron chi connectivity index (χ3n) is 3.61. The maximum atomic E-state index is 12.2. The number of amides is 3. The molecule has 1 aliphatic heterocycles. The van der Waals surface area contributed by atoms with Gasteiger partial charge in [-0.25, -0.2) is 4.79 Å². The predicted molar refractivity (Wildman–Crippen MR) is 93.0 cm³/mol. The lowest BCUT2D eigenvalue weighted by Gasteiger charge is -2.27. The summed E-state index contributed by atoms with van der Waals surface area (Å²) in [5, 5.41) is 9.59. The van der Waals surface area contributed by atoms with E-state index in [-0.39, 0.29) is 18.5 Å². The Hall–Kier alpha value is -2.57. The van der Waals surface area contributed by atoms with Crippen LogP contribution in [0.4, 0.5) is 10.5 Å². The quantitative estimate of drug-likeness (QED) is 0.784. The molecule has 0 aliphatic carbocycles. The molecule has 1 fully saturated rings. The third-order valence-corrected chi connectivity index (χ3v) is 3.61. The molecule has 0 bridgehead atoms. The van der Waals surface area contributed by atoms with Gasteiger partial charge in [0, 0.05) is 38.2 Å². The highest BCUT2D eigenvalue weighted by Gasteiger charge is 2.20. The van der Waals surface area contributed by atoms with Gasteiger partial charge in [0.1, 0.15) is 0 Å². The summed E-state index contributed by atoms with van der Waals surface area (Å²) in [5.41, 5.74) is 1.66. The molecule has 0 atom stereocenters. The SMILES string of the molecule is CCCNC(=O)CON=C1CCN(C(=O)Nc2ccccc2)CC1. The second kappa shape index (κ2) is 9.54. The van der Waals surface area contributed by atoms with E-state index in [9.17, 15) is 9.59 Å². The molecule has 1 heterocycles. The molecular formula is C17H24N4O3. The van der Waals surface area contributed by atoms with E-state index in [4.69, 9.17) is 4.84 Å². The van der Waals surface area contributed by atoms with Crippen LogP contribution in [0.5, 0.6) is 0 Å². The first kappa shape index (κ1) is 17.8. The fraction of sp³-hybridized carbons (Fsp3) is 0.471. The molecule has 1 saturated heterocycles. The highest BCUT2D eigenvalue weighted by Crippen LogP contribution is 2.11. The standard InChI is InChI=1S/C17H24N4O3/c1-2-10-18-16(22)13-24-20-15-8-11-21(12-9-15)17(23)19-14-6-4-3-5-7-14/h3-7H,2,8-13H2,1H3,(H,18,22)(H,19,23). The maximum Gasteiger partial charge on any atom is 0.321 e. The average molecular weight is 332 g/mol. The van der Waals surface area contributed by atoms with Crippen LogP contribution < -0.4 is 10.6 Å². The van der Waals surface area contributed by atoms with E-state index in [0.717, 1.165) is 17.8 Å². The summed E-state index contributed by atoms with van der Waals surface area (Å²) in [4.78, 5) is 30.4. The zero-order valence-corrected chi connectivity index (χ0v) is 14.0. The van der Waals surface area contributed by atoms with Crippen molar-refractivity contribution < 1.29 is 14.4 Å². The highest BCUT2D eigenvalue weighted by atomic mass is 16.6. The Morgan fingerprint density at radius 1 is 1.21 bits per heavy atom. The highest BCUT2D eigenvalue weighted by molar-refractivity contribution is 5.92. The molecule has 1 aromatic rings. The minimum Gasteiger partial charge on any atom is -0.386 e. The number of hydrogen-bond donors (Lipinski definition) is 2. The van der Waals surface area contributed by atoms with Gasteiger partial charge in [0.15, 0.2) is 6.61 Å². The summed E-state index contributed by atoms with van der Waals surface area (Å²) < 4.78 is 0. The lowest BCUT2D eigenvalue weighted by molar-refractivity contribution is -0.125. The summed E-state index contributed by atoms with van der Waals surface area (Å²) in [6, 6.07) is 9.26. The van der Waals surface area contributed by atoms with Crippen molar-refractivity contribution in [3.8, 4) is 0 Å². The lowest BCUT2D eigenvalue weighted by Crippen LogP contribution is -2.41. The molecule has 0 saturated carbocycles. The van der Waals surface area contributed by atoms with Crippen LogP contribution in [0.3, 0.4) is 0 Å². The van der Waals surface area contributed by atoms with E-state index in [0.29, 0.717) is 32.5 Å². The minimum absolute atomic E-state index is 0.0678. The second-order valence-electron chi connectivity index (χ2n) is 5.56. The molecule has 24 heavy (non-hydrogen) atoms. The Balaban J connectivity index is 1.70. The first-order valence-electron chi connectivity index (χ1n) is 8.24. The molecule has 0 spiro atoms. The normalized spacial score (nSPS) is 14.0. The zero-order valence-electron chi connectivity index (χ0n) is 14.0. The smallest absolute Gasteiger partial charge is 0.321 e. The number of urea groups is 1. The average Bonchev–Trinajstić information content (AvgIpc) is 2.61. The van der Waals surface area contributed by atoms with Gasteiger partial charge in [-0.05, 0) is 18.6 Å². The van der Waals surface area contributed by atoms with Gasteiger partial charge in [0.25, 0.3) is 5.91 Å². The van der Waals surface area contributed by atoms with Crippen LogP contribution >= 0.6 is 0 Å². The molecule has 130 valence electrons. The van der Waals surface area contributed by atoms with Gasteiger partial charge in [-0.15, -0.1) is 0 Å². The van der Waals surface area contributed by atoms with Gasteiger partial charge in [-0.2, -0.15) is 0 Å². The molecular weight excluding hydrogens is 308 g/mol. The molecule has 3 amide bonds. The predicted octanol–water partition coefficient (Wildman–Crippen LogP) is 2.21. The monoisotopic (exact) mass is 332 g/mol. The van der Waals surface area contributed by atoms with Crippen molar-refractivity contribution in [2.24, 2.45) is 5.16 Å². The van der Waals surface area contributed by atoms with Crippen molar-refractivity contribution in [1.29, 1.82) is 0 Å². The Morgan fingerprint density at radius 2 is 1.92 bits per heavy atom. The van der Waals surface area contributed by atoms with Crippen LogP contribution in [0.1, 0.15) is 26.2 Å². The van der Waals surface area contributed by atoms with Crippen LogP contribution in [0.25, 0.3) is 0 Å². The number of anilines is 1. The number of nitrogens with zero attached hydrogens (tertiary/aromatic N) is 2. The number of carbonyl (C=O) groups excluding carboxylic acids is 2. The van der Waals surface area contributed by atoms with E-state index in [1.165, 1.54) is 0 Å². The number of rotatable bonds is 6. The van der Waals surface area contributed by atoms with Gasteiger partial charge < -0.3 is 20.4 Å². The number of likely N-dealkylation sites (tertiary alicyclic amines) is 1. The van der Waals surface area contributed by atoms with Crippen molar-refractivity contribution in [3.63, 3.8) is 0 Å². The third kappa shape index (κ3) is 5.91. The van der Waals surface area contributed by atoms with Gasteiger partial charge in [-0.1, -0.05) is 30.3 Å². The van der Waals surface area contributed by atoms with E-state index < -0.39 is 0 Å². The molecule has 2 rings (SSSR count). The summed E-state index contributed by atoms with van der Waals surface area (Å²) >= 11 is 0. The van der Waals surface area contributed by atoms with E-state index in [1.54, 1.807) is 4.90 Å². The molecule has 7 heteroatoms. The Morgan fingerprint density at radius 3 is 2.58 bits per heavy atom. The van der Waals surface area contributed by atoms with E-state index in [1.807, 2.05) is 37.3 Å². The Bertz CT molecular complexity index is 564. The topological polar surface area (TPSA) is 83.0 Å². The number of nitrogens with one attached hydrogen (secondary N) is 2. The number of para-hydroxylation sites is 1. The summed E-state index contributed by atoms with van der Waals surface area (Å²) in [6.45, 7) is 3.74. The van der Waals surface area contributed by atoms with Crippen molar-refractivity contribution in [2.45, 2.75) is 26.2 Å². The van der Waals surface area contributed by atoms with E-state index in [2.05, 4.69) is 15.8 Å². The van der Waals surface area contributed by atoms with E-state index >= 15 is 0 Å². The number of piperidine rings is 1. The molecule has 1 aliphatic rings. The largest absolute Gasteiger partial charge is 0.386 e. The fourth-order valence-corrected chi connectivity index (χ4v) is 2.28. The maximum absolute atomic E-state index is 12.2. The van der Waals surface area contributed by atoms with Crippen LogP contribution in [-0.4, -0.2) is 48.8 Å². The Kier molecular flexibility index (Phi) is 7.07. The van der Waals surface area contributed by atoms with Crippen LogP contribution in [0, 0.1) is 0 Å². The fourth-order valence-electron chi connectivity index (χ4n) is 2.28. The van der Waals surface area contributed by atoms with Crippen molar-refractivity contribution in [2.75, 3.05) is 31.6 Å². The summed E-state index contributed by atoms with van der Waals surface area (Å²) in [7, 11) is 0. The molecule has 0 aromatic heterocycles. The summed E-state index contributed by atoms with van der Waals surface area (Å²) in [6.07, 6.45) is 2.19. The number of oxime groups is 1.